The number of sulfonamides is 1. The summed E-state index contributed by atoms with van der Waals surface area (Å²) in [4.78, 5) is 20.4. The number of ether oxygens (including phenoxy) is 1. The Balaban J connectivity index is 1.34. The summed E-state index contributed by atoms with van der Waals surface area (Å²) in [5.41, 5.74) is 8.38. The number of para-hydroxylation sites is 2. The number of carbonyl (C=O) groups excluding carboxylic acids is 1. The van der Waals surface area contributed by atoms with Gasteiger partial charge in [0.15, 0.2) is 0 Å². The minimum Gasteiger partial charge on any atom is -0.385 e. The number of aryl methyl sites for hydroxylation is 1. The minimum atomic E-state index is -3.96. The van der Waals surface area contributed by atoms with E-state index in [1.165, 1.54) is 22.5 Å². The second kappa shape index (κ2) is 11.7. The summed E-state index contributed by atoms with van der Waals surface area (Å²) in [6.45, 7) is 2.59. The number of halogens is 2. The third-order valence-electron chi connectivity index (χ3n) is 7.67. The highest BCUT2D eigenvalue weighted by atomic mass is 35.5. The molecule has 0 spiro atoms. The van der Waals surface area contributed by atoms with Crippen LogP contribution in [0.25, 0.3) is 11.0 Å². The van der Waals surface area contributed by atoms with E-state index < -0.39 is 22.0 Å². The molecular weight excluding hydrogens is 561 g/mol. The van der Waals surface area contributed by atoms with Gasteiger partial charge in [0.2, 0.25) is 15.9 Å². The van der Waals surface area contributed by atoms with E-state index in [0.717, 1.165) is 42.7 Å². The van der Waals surface area contributed by atoms with Crippen LogP contribution in [0, 0.1) is 5.92 Å². The standard InChI is InChI=1S/C27H33Cl2N5O4S/c1-38-13-5-12-34-24-8-3-2-7-23(24)31-26(34)18-6-4-11-32(15-18)27(35)20-16-33(17-22(20)30)39(36,37)25-14-19(28)9-10-21(25)29/h2-3,7-10,14,18,20,22H,4-6,11-13,15-17,30H2,1H3/t18-,20+,22?/m1/s1. The van der Waals surface area contributed by atoms with Crippen LogP contribution in [0.1, 0.15) is 31.0 Å². The normalized spacial score (nSPS) is 22.6. The number of nitrogens with zero attached hydrogens (tertiary/aromatic N) is 4. The molecule has 3 heterocycles. The van der Waals surface area contributed by atoms with Crippen LogP contribution in [0.2, 0.25) is 10.0 Å². The molecule has 12 heteroatoms. The van der Waals surface area contributed by atoms with E-state index in [2.05, 4.69) is 10.6 Å². The Bertz CT molecular complexity index is 1460. The first-order valence-corrected chi connectivity index (χ1v) is 15.3. The molecule has 2 fully saturated rings. The summed E-state index contributed by atoms with van der Waals surface area (Å²) in [5, 5.41) is 0.344. The maximum atomic E-state index is 13.7. The fourth-order valence-corrected chi connectivity index (χ4v) is 7.93. The van der Waals surface area contributed by atoms with Gasteiger partial charge in [-0.2, -0.15) is 4.31 Å². The predicted octanol–water partition coefficient (Wildman–Crippen LogP) is 3.73. The van der Waals surface area contributed by atoms with Gasteiger partial charge in [-0.25, -0.2) is 13.4 Å². The highest BCUT2D eigenvalue weighted by Crippen LogP contribution is 2.34. The molecule has 39 heavy (non-hydrogen) atoms. The van der Waals surface area contributed by atoms with Crippen molar-refractivity contribution in [3.63, 3.8) is 0 Å². The Labute approximate surface area is 238 Å². The lowest BCUT2D eigenvalue weighted by Crippen LogP contribution is -2.47. The molecule has 2 aliphatic rings. The summed E-state index contributed by atoms with van der Waals surface area (Å²) >= 11 is 12.2. The van der Waals surface area contributed by atoms with E-state index in [4.69, 9.17) is 38.7 Å². The van der Waals surface area contributed by atoms with Gasteiger partial charge in [-0.3, -0.25) is 4.79 Å². The van der Waals surface area contributed by atoms with Crippen molar-refractivity contribution in [3.05, 3.63) is 58.3 Å². The maximum absolute atomic E-state index is 13.7. The molecule has 0 aliphatic carbocycles. The number of carbonyl (C=O) groups is 1. The van der Waals surface area contributed by atoms with E-state index in [1.807, 2.05) is 23.1 Å². The molecule has 0 bridgehead atoms. The van der Waals surface area contributed by atoms with Crippen molar-refractivity contribution in [3.8, 4) is 0 Å². The highest BCUT2D eigenvalue weighted by Gasteiger charge is 2.44. The number of benzene rings is 2. The summed E-state index contributed by atoms with van der Waals surface area (Å²) < 4.78 is 35.5. The molecule has 3 aromatic rings. The van der Waals surface area contributed by atoms with Crippen molar-refractivity contribution in [2.45, 2.75) is 42.7 Å². The van der Waals surface area contributed by atoms with Crippen LogP contribution in [0.15, 0.2) is 47.4 Å². The van der Waals surface area contributed by atoms with Crippen molar-refractivity contribution >= 4 is 50.2 Å². The molecule has 0 saturated carbocycles. The van der Waals surface area contributed by atoms with Gasteiger partial charge in [0, 0.05) is 63.4 Å². The number of amides is 1. The number of aromatic nitrogens is 2. The molecule has 3 atom stereocenters. The SMILES string of the molecule is COCCCn1c([C@@H]2CCCN(C(=O)[C@H]3CN(S(=O)(=O)c4cc(Cl)ccc4Cl)CC3N)C2)nc2ccccc21. The number of hydrogen-bond donors (Lipinski definition) is 1. The summed E-state index contributed by atoms with van der Waals surface area (Å²) in [6, 6.07) is 11.8. The first-order valence-electron chi connectivity index (χ1n) is 13.1. The first kappa shape index (κ1) is 28.3. The van der Waals surface area contributed by atoms with Crippen molar-refractivity contribution in [2.75, 3.05) is 39.9 Å². The Kier molecular flexibility index (Phi) is 8.51. The quantitative estimate of drug-likeness (QED) is 0.398. The van der Waals surface area contributed by atoms with Crippen LogP contribution < -0.4 is 5.73 Å². The number of rotatable bonds is 8. The number of piperidine rings is 1. The summed E-state index contributed by atoms with van der Waals surface area (Å²) in [6.07, 6.45) is 2.61. The van der Waals surface area contributed by atoms with Crippen molar-refractivity contribution in [1.29, 1.82) is 0 Å². The molecule has 2 aromatic carbocycles. The third kappa shape index (κ3) is 5.68. The van der Waals surface area contributed by atoms with Crippen molar-refractivity contribution in [2.24, 2.45) is 11.7 Å². The number of fused-ring (bicyclic) bond motifs is 1. The monoisotopic (exact) mass is 593 g/mol. The largest absolute Gasteiger partial charge is 0.385 e. The summed E-state index contributed by atoms with van der Waals surface area (Å²) in [7, 11) is -2.27. The van der Waals surface area contributed by atoms with Crippen LogP contribution in [0.5, 0.6) is 0 Å². The zero-order valence-electron chi connectivity index (χ0n) is 21.8. The van der Waals surface area contributed by atoms with Gasteiger partial charge in [-0.05, 0) is 49.6 Å². The molecule has 2 aliphatic heterocycles. The molecule has 1 aromatic heterocycles. The lowest BCUT2D eigenvalue weighted by Gasteiger charge is -2.35. The lowest BCUT2D eigenvalue weighted by atomic mass is 9.94. The molecule has 1 unspecified atom stereocenters. The van der Waals surface area contributed by atoms with Gasteiger partial charge in [-0.1, -0.05) is 35.3 Å². The second-order valence-electron chi connectivity index (χ2n) is 10.2. The Hall–Kier alpha value is -2.21. The fourth-order valence-electron chi connectivity index (χ4n) is 5.69. The van der Waals surface area contributed by atoms with Crippen LogP contribution in [0.3, 0.4) is 0 Å². The van der Waals surface area contributed by atoms with Crippen LogP contribution >= 0.6 is 23.2 Å². The molecule has 9 nitrogen and oxygen atoms in total. The first-order chi connectivity index (χ1) is 18.7. The van der Waals surface area contributed by atoms with Gasteiger partial charge >= 0.3 is 0 Å². The average molecular weight is 595 g/mol. The van der Waals surface area contributed by atoms with Gasteiger partial charge in [0.25, 0.3) is 0 Å². The number of likely N-dealkylation sites (tertiary alicyclic amines) is 1. The zero-order valence-corrected chi connectivity index (χ0v) is 24.1. The van der Waals surface area contributed by atoms with E-state index in [0.29, 0.717) is 19.7 Å². The van der Waals surface area contributed by atoms with Crippen LogP contribution in [0.4, 0.5) is 0 Å². The Morgan fingerprint density at radius 3 is 2.74 bits per heavy atom. The number of methoxy groups -OCH3 is 1. The maximum Gasteiger partial charge on any atom is 0.244 e. The molecular formula is C27H33Cl2N5O4S. The zero-order chi connectivity index (χ0) is 27.7. The molecule has 2 N–H and O–H groups in total. The second-order valence-corrected chi connectivity index (χ2v) is 13.0. The number of nitrogens with two attached hydrogens (primary N) is 1. The Morgan fingerprint density at radius 1 is 1.15 bits per heavy atom. The number of hydrogen-bond acceptors (Lipinski definition) is 6. The van der Waals surface area contributed by atoms with E-state index in [9.17, 15) is 13.2 Å². The van der Waals surface area contributed by atoms with Crippen molar-refractivity contribution in [1.82, 2.24) is 18.8 Å². The summed E-state index contributed by atoms with van der Waals surface area (Å²) in [5.74, 6) is 0.279. The lowest BCUT2D eigenvalue weighted by molar-refractivity contribution is -0.136. The van der Waals surface area contributed by atoms with E-state index in [-0.39, 0.29) is 39.9 Å². The predicted molar refractivity (Wildman–Crippen MR) is 151 cm³/mol. The van der Waals surface area contributed by atoms with Gasteiger partial charge < -0.3 is 19.9 Å². The molecule has 1 amide bonds. The van der Waals surface area contributed by atoms with Gasteiger partial charge in [0.05, 0.1) is 22.0 Å². The average Bonchev–Trinajstić information content (AvgIpc) is 3.51. The molecule has 210 valence electrons. The third-order valence-corrected chi connectivity index (χ3v) is 10.2. The van der Waals surface area contributed by atoms with Gasteiger partial charge in [-0.15, -0.1) is 0 Å². The van der Waals surface area contributed by atoms with Gasteiger partial charge in [0.1, 0.15) is 10.7 Å². The smallest absolute Gasteiger partial charge is 0.244 e. The van der Waals surface area contributed by atoms with E-state index in [1.54, 1.807) is 7.11 Å². The topological polar surface area (TPSA) is 111 Å². The number of imidazole rings is 1. The fraction of sp³-hybridized carbons (Fsp3) is 0.481. The minimum absolute atomic E-state index is 0.00186. The van der Waals surface area contributed by atoms with Crippen LogP contribution in [-0.2, 0) is 26.1 Å². The molecule has 2 saturated heterocycles. The molecule has 5 rings (SSSR count). The molecule has 0 radical (unpaired) electrons. The van der Waals surface area contributed by atoms with Crippen molar-refractivity contribution < 1.29 is 17.9 Å². The van der Waals surface area contributed by atoms with E-state index >= 15 is 0 Å². The highest BCUT2D eigenvalue weighted by molar-refractivity contribution is 7.89. The Morgan fingerprint density at radius 2 is 1.95 bits per heavy atom. The van der Waals surface area contributed by atoms with Crippen LogP contribution in [-0.4, -0.2) is 79.0 Å².